The van der Waals surface area contributed by atoms with Gasteiger partial charge in [0.1, 0.15) is 28.1 Å². The van der Waals surface area contributed by atoms with Gasteiger partial charge >= 0.3 is 11.1 Å². The number of hydrogen-bond donors (Lipinski definition) is 0. The molecule has 0 amide bonds. The van der Waals surface area contributed by atoms with Gasteiger partial charge in [-0.05, 0) is 12.1 Å². The Balaban J connectivity index is 2.37. The molecule has 1 atom stereocenters. The van der Waals surface area contributed by atoms with Gasteiger partial charge in [0.2, 0.25) is 0 Å². The summed E-state index contributed by atoms with van der Waals surface area (Å²) in [5.74, 6) is 0.0000123. The second-order valence-electron chi connectivity index (χ2n) is 4.67. The molecule has 124 valence electrons. The molecule has 1 unspecified atom stereocenters. The summed E-state index contributed by atoms with van der Waals surface area (Å²) < 4.78 is 22.6. The number of ether oxygens (including phenoxy) is 2. The molecule has 0 aliphatic carbocycles. The molecule has 0 aromatic carbocycles. The van der Waals surface area contributed by atoms with Crippen molar-refractivity contribution >= 4 is 38.7 Å². The Hall–Kier alpha value is -2.23. The highest BCUT2D eigenvalue weighted by molar-refractivity contribution is 7.90. The van der Waals surface area contributed by atoms with Crippen LogP contribution in [-0.2, 0) is 15.9 Å². The summed E-state index contributed by atoms with van der Waals surface area (Å²) in [6.45, 7) is 0. The molecule has 0 radical (unpaired) electrons. The average Bonchev–Trinajstić information content (AvgIpc) is 2.99. The van der Waals surface area contributed by atoms with Gasteiger partial charge in [-0.15, -0.1) is 11.3 Å². The zero-order valence-electron chi connectivity index (χ0n) is 13.1. The summed E-state index contributed by atoms with van der Waals surface area (Å²) >= 11 is -0.148. The fraction of sp³-hybridized carbons (Fsp3) is 0.200. The smallest absolute Gasteiger partial charge is 0.348 e. The summed E-state index contributed by atoms with van der Waals surface area (Å²) in [5, 5.41) is 0.188. The van der Waals surface area contributed by atoms with Crippen LogP contribution in [0.5, 0.6) is 5.75 Å². The summed E-state index contributed by atoms with van der Waals surface area (Å²) in [6.07, 6.45) is 4.65. The number of nitrogens with zero attached hydrogens (tertiary/aromatic N) is 3. The molecule has 0 N–H and O–H groups in total. The number of aromatic nitrogens is 3. The van der Waals surface area contributed by atoms with Gasteiger partial charge in [-0.1, -0.05) is 0 Å². The van der Waals surface area contributed by atoms with E-state index in [4.69, 9.17) is 9.47 Å². The van der Waals surface area contributed by atoms with Crippen molar-refractivity contribution in [3.8, 4) is 17.0 Å². The van der Waals surface area contributed by atoms with E-state index >= 15 is 0 Å². The molecule has 9 heteroatoms. The normalized spacial score (nSPS) is 12.2. The van der Waals surface area contributed by atoms with E-state index in [0.29, 0.717) is 32.1 Å². The first-order valence-electron chi connectivity index (χ1n) is 6.77. The Morgan fingerprint density at radius 3 is 2.79 bits per heavy atom. The fourth-order valence-electron chi connectivity index (χ4n) is 2.21. The van der Waals surface area contributed by atoms with Crippen LogP contribution in [0.25, 0.3) is 21.5 Å². The molecule has 3 aromatic heterocycles. The van der Waals surface area contributed by atoms with Gasteiger partial charge in [0.05, 0.1) is 30.7 Å². The topological polar surface area (TPSA) is 97.3 Å². The molecule has 3 aromatic rings. The number of hydrogen-bond acceptors (Lipinski definition) is 8. The molecule has 0 spiro atoms. The van der Waals surface area contributed by atoms with Gasteiger partial charge in [0, 0.05) is 17.4 Å². The molecular formula is C15H13N3O4S2. The molecule has 7 nitrogen and oxygen atoms in total. The van der Waals surface area contributed by atoms with Crippen LogP contribution in [0.4, 0.5) is 0 Å². The van der Waals surface area contributed by atoms with Gasteiger partial charge in [-0.3, -0.25) is 4.98 Å². The highest BCUT2D eigenvalue weighted by Crippen LogP contribution is 2.40. The predicted octanol–water partition coefficient (Wildman–Crippen LogP) is 2.29. The van der Waals surface area contributed by atoms with E-state index in [1.807, 2.05) is 0 Å². The first-order valence-corrected chi connectivity index (χ1v) is 9.15. The Morgan fingerprint density at radius 1 is 1.33 bits per heavy atom. The number of rotatable bonds is 4. The lowest BCUT2D eigenvalue weighted by atomic mass is 10.1. The number of esters is 1. The minimum Gasteiger partial charge on any atom is -0.609 e. The molecular weight excluding hydrogens is 350 g/mol. The standard InChI is InChI=1S/C15H13N3O4S2/c1-21-8-5-4-6-16-11(8)10-12-9(23-13(10)14(19)22-2)7-17-15(18-12)24(3)20/h4-7H,1-3H3. The van der Waals surface area contributed by atoms with Gasteiger partial charge < -0.3 is 14.0 Å². The largest absolute Gasteiger partial charge is 0.609 e. The van der Waals surface area contributed by atoms with Gasteiger partial charge in [0.25, 0.3) is 0 Å². The maximum atomic E-state index is 12.2. The van der Waals surface area contributed by atoms with Gasteiger partial charge in [-0.25, -0.2) is 4.79 Å². The van der Waals surface area contributed by atoms with E-state index < -0.39 is 17.1 Å². The molecule has 0 saturated heterocycles. The molecule has 3 heterocycles. The molecule has 0 saturated carbocycles. The lowest BCUT2D eigenvalue weighted by Crippen LogP contribution is -2.04. The van der Waals surface area contributed by atoms with Crippen LogP contribution in [0, 0.1) is 0 Å². The van der Waals surface area contributed by atoms with Crippen LogP contribution in [-0.4, -0.2) is 45.9 Å². The predicted molar refractivity (Wildman–Crippen MR) is 90.9 cm³/mol. The van der Waals surface area contributed by atoms with E-state index in [0.717, 1.165) is 0 Å². The minimum absolute atomic E-state index is 0.188. The Kier molecular flexibility index (Phi) is 4.65. The van der Waals surface area contributed by atoms with E-state index in [9.17, 15) is 9.35 Å². The Morgan fingerprint density at radius 2 is 2.12 bits per heavy atom. The van der Waals surface area contributed by atoms with Crippen molar-refractivity contribution < 1.29 is 18.8 Å². The van der Waals surface area contributed by atoms with Crippen molar-refractivity contribution in [1.82, 2.24) is 15.0 Å². The van der Waals surface area contributed by atoms with E-state index in [1.165, 1.54) is 31.8 Å². The summed E-state index contributed by atoms with van der Waals surface area (Å²) in [7, 11) is 2.83. The number of pyridine rings is 1. The molecule has 0 aliphatic rings. The van der Waals surface area contributed by atoms with Crippen molar-refractivity contribution in [3.05, 3.63) is 29.4 Å². The quantitative estimate of drug-likeness (QED) is 0.398. The molecule has 0 fully saturated rings. The summed E-state index contributed by atoms with van der Waals surface area (Å²) in [6, 6.07) is 3.48. The number of fused-ring (bicyclic) bond motifs is 1. The summed E-state index contributed by atoms with van der Waals surface area (Å²) in [5.41, 5.74) is 1.46. The Labute approximate surface area is 144 Å². The lowest BCUT2D eigenvalue weighted by molar-refractivity contribution is 0.0607. The highest BCUT2D eigenvalue weighted by Gasteiger charge is 2.26. The fourth-order valence-corrected chi connectivity index (χ4v) is 3.67. The van der Waals surface area contributed by atoms with E-state index in [-0.39, 0.29) is 5.16 Å². The van der Waals surface area contributed by atoms with Gasteiger partial charge in [-0.2, -0.15) is 9.97 Å². The van der Waals surface area contributed by atoms with Crippen LogP contribution in [0.3, 0.4) is 0 Å². The van der Waals surface area contributed by atoms with E-state index in [2.05, 4.69) is 15.0 Å². The number of methoxy groups -OCH3 is 2. The monoisotopic (exact) mass is 363 g/mol. The number of carbonyl (C=O) groups is 1. The van der Waals surface area contributed by atoms with Crippen LogP contribution < -0.4 is 4.74 Å². The van der Waals surface area contributed by atoms with Crippen molar-refractivity contribution in [2.75, 3.05) is 20.5 Å². The van der Waals surface area contributed by atoms with Gasteiger partial charge in [0.15, 0.2) is 0 Å². The third-order valence-electron chi connectivity index (χ3n) is 3.26. The van der Waals surface area contributed by atoms with Crippen molar-refractivity contribution in [2.45, 2.75) is 5.16 Å². The number of carbonyl (C=O) groups excluding carboxylic acids is 1. The van der Waals surface area contributed by atoms with Crippen LogP contribution in [0.15, 0.2) is 29.7 Å². The van der Waals surface area contributed by atoms with Crippen LogP contribution in [0.1, 0.15) is 9.67 Å². The van der Waals surface area contributed by atoms with Crippen LogP contribution >= 0.6 is 11.3 Å². The van der Waals surface area contributed by atoms with Crippen molar-refractivity contribution in [1.29, 1.82) is 0 Å². The Bertz CT molecular complexity index is 911. The first kappa shape index (κ1) is 16.6. The van der Waals surface area contributed by atoms with Crippen molar-refractivity contribution in [2.24, 2.45) is 0 Å². The molecule has 24 heavy (non-hydrogen) atoms. The zero-order valence-corrected chi connectivity index (χ0v) is 14.7. The zero-order chi connectivity index (χ0) is 17.3. The SMILES string of the molecule is COC(=O)c1sc2cnc([S+](C)[O-])nc2c1-c1ncccc1OC. The maximum absolute atomic E-state index is 12.2. The lowest BCUT2D eigenvalue weighted by Gasteiger charge is -2.08. The second-order valence-corrected chi connectivity index (χ2v) is 7.00. The first-order chi connectivity index (χ1) is 11.6. The third kappa shape index (κ3) is 2.81. The molecule has 0 bridgehead atoms. The minimum atomic E-state index is -1.35. The van der Waals surface area contributed by atoms with E-state index in [1.54, 1.807) is 24.5 Å². The number of thiophene rings is 1. The maximum Gasteiger partial charge on any atom is 0.348 e. The molecule has 0 aliphatic heterocycles. The van der Waals surface area contributed by atoms with Crippen molar-refractivity contribution in [3.63, 3.8) is 0 Å². The third-order valence-corrected chi connectivity index (χ3v) is 5.07. The van der Waals surface area contributed by atoms with Crippen LogP contribution in [0.2, 0.25) is 0 Å². The summed E-state index contributed by atoms with van der Waals surface area (Å²) in [4.78, 5) is 25.3. The highest BCUT2D eigenvalue weighted by atomic mass is 32.2. The molecule has 3 rings (SSSR count). The average molecular weight is 363 g/mol. The second kappa shape index (κ2) is 6.71.